The van der Waals surface area contributed by atoms with E-state index >= 15 is 0 Å². The minimum atomic E-state index is -0.811. The van der Waals surface area contributed by atoms with Gasteiger partial charge in [-0.15, -0.1) is 0 Å². The lowest BCUT2D eigenvalue weighted by Gasteiger charge is -2.31. The predicted octanol–water partition coefficient (Wildman–Crippen LogP) is 3.90. The molecule has 118 valence electrons. The summed E-state index contributed by atoms with van der Waals surface area (Å²) in [6.07, 6.45) is 0.0630. The van der Waals surface area contributed by atoms with Crippen molar-refractivity contribution < 1.29 is 18.3 Å². The fourth-order valence-corrected chi connectivity index (χ4v) is 1.96. The molecule has 0 aromatic carbocycles. The number of pyridine rings is 1. The highest BCUT2D eigenvalue weighted by Gasteiger charge is 2.29. The number of carbonyl (C=O) groups excluding carboxylic acids is 1. The second-order valence-corrected chi connectivity index (χ2v) is 6.41. The lowest BCUT2D eigenvalue weighted by Crippen LogP contribution is -2.37. The number of esters is 1. The van der Waals surface area contributed by atoms with E-state index in [0.717, 1.165) is 6.07 Å². The fraction of sp³-hybridized carbons (Fsp3) is 0.571. The zero-order chi connectivity index (χ0) is 16.2. The third-order valence-electron chi connectivity index (χ3n) is 2.92. The Balaban J connectivity index is 2.97. The third-order valence-corrected chi connectivity index (χ3v) is 3.48. The first-order valence-corrected chi connectivity index (χ1v) is 7.38. The molecule has 4 nitrogen and oxygen atoms in total. The maximum Gasteiger partial charge on any atom is 0.307 e. The smallest absolute Gasteiger partial charge is 0.307 e. The highest BCUT2D eigenvalue weighted by atomic mass is 79.9. The number of halogens is 3. The standard InChI is InChI=1S/C14H19BrF2N2O2/c1-5-21-11(20)7-10(14(2,3)4)18-13-9(17)6-8(16)12(15)19-13/h6,10H,5,7H2,1-4H3,(H,18,19)/t10-/m1/s1. The average Bonchev–Trinajstić information content (AvgIpc) is 2.34. The second-order valence-electron chi connectivity index (χ2n) is 5.66. The molecule has 0 saturated heterocycles. The number of hydrogen-bond donors (Lipinski definition) is 1. The molecule has 7 heteroatoms. The van der Waals surface area contributed by atoms with Gasteiger partial charge in [-0.25, -0.2) is 13.8 Å². The lowest BCUT2D eigenvalue weighted by molar-refractivity contribution is -0.143. The Morgan fingerprint density at radius 3 is 2.57 bits per heavy atom. The van der Waals surface area contributed by atoms with Gasteiger partial charge >= 0.3 is 5.97 Å². The van der Waals surface area contributed by atoms with Crippen LogP contribution in [0.3, 0.4) is 0 Å². The summed E-state index contributed by atoms with van der Waals surface area (Å²) in [5.41, 5.74) is -0.345. The first-order chi connectivity index (χ1) is 9.65. The van der Waals surface area contributed by atoms with Crippen molar-refractivity contribution in [3.8, 4) is 0 Å². The first kappa shape index (κ1) is 17.8. The van der Waals surface area contributed by atoms with Crippen LogP contribution in [-0.4, -0.2) is 23.6 Å². The summed E-state index contributed by atoms with van der Waals surface area (Å²) < 4.78 is 31.8. The zero-order valence-corrected chi connectivity index (χ0v) is 14.1. The van der Waals surface area contributed by atoms with E-state index in [1.165, 1.54) is 0 Å². The monoisotopic (exact) mass is 364 g/mol. The molecule has 1 aromatic heterocycles. The van der Waals surface area contributed by atoms with Gasteiger partial charge in [0.05, 0.1) is 13.0 Å². The maximum absolute atomic E-state index is 13.8. The Kier molecular flexibility index (Phi) is 6.07. The first-order valence-electron chi connectivity index (χ1n) is 6.58. The van der Waals surface area contributed by atoms with Crippen LogP contribution in [0.2, 0.25) is 0 Å². The van der Waals surface area contributed by atoms with Gasteiger partial charge in [0.2, 0.25) is 0 Å². The molecule has 0 fully saturated rings. The van der Waals surface area contributed by atoms with Crippen LogP contribution in [0.4, 0.5) is 14.6 Å². The van der Waals surface area contributed by atoms with E-state index in [1.807, 2.05) is 20.8 Å². The maximum atomic E-state index is 13.8. The summed E-state index contributed by atoms with van der Waals surface area (Å²) in [7, 11) is 0. The lowest BCUT2D eigenvalue weighted by atomic mass is 9.84. The molecule has 0 aliphatic heterocycles. The van der Waals surface area contributed by atoms with Gasteiger partial charge in [-0.05, 0) is 28.3 Å². The molecule has 1 N–H and O–H groups in total. The molecular formula is C14H19BrF2N2O2. The SMILES string of the molecule is CCOC(=O)C[C@@H](Nc1nc(Br)c(F)cc1F)C(C)(C)C. The molecular weight excluding hydrogens is 346 g/mol. The van der Waals surface area contributed by atoms with Gasteiger partial charge in [0.15, 0.2) is 17.5 Å². The van der Waals surface area contributed by atoms with Crippen molar-refractivity contribution >= 4 is 27.7 Å². The van der Waals surface area contributed by atoms with E-state index < -0.39 is 17.7 Å². The van der Waals surface area contributed by atoms with Crippen molar-refractivity contribution in [2.24, 2.45) is 5.41 Å². The van der Waals surface area contributed by atoms with Gasteiger partial charge in [-0.2, -0.15) is 0 Å². The molecule has 1 aromatic rings. The number of aromatic nitrogens is 1. The van der Waals surface area contributed by atoms with Crippen LogP contribution in [-0.2, 0) is 9.53 Å². The van der Waals surface area contributed by atoms with E-state index in [0.29, 0.717) is 0 Å². The summed E-state index contributed by atoms with van der Waals surface area (Å²) in [6, 6.07) is 0.333. The average molecular weight is 365 g/mol. The normalized spacial score (nSPS) is 12.9. The molecule has 0 bridgehead atoms. The Morgan fingerprint density at radius 2 is 2.05 bits per heavy atom. The summed E-state index contributed by atoms with van der Waals surface area (Å²) in [5.74, 6) is -2.08. The summed E-state index contributed by atoms with van der Waals surface area (Å²) in [4.78, 5) is 15.4. The Bertz CT molecular complexity index is 518. The van der Waals surface area contributed by atoms with Gasteiger partial charge in [0, 0.05) is 12.1 Å². The van der Waals surface area contributed by atoms with Crippen LogP contribution >= 0.6 is 15.9 Å². The van der Waals surface area contributed by atoms with E-state index in [2.05, 4.69) is 26.2 Å². The van der Waals surface area contributed by atoms with Crippen molar-refractivity contribution in [2.45, 2.75) is 40.2 Å². The number of nitrogens with zero attached hydrogens (tertiary/aromatic N) is 1. The third kappa shape index (κ3) is 5.22. The van der Waals surface area contributed by atoms with E-state index in [4.69, 9.17) is 4.74 Å². The summed E-state index contributed by atoms with van der Waals surface area (Å²) in [5, 5.41) is 2.86. The fourth-order valence-electron chi connectivity index (χ4n) is 1.67. The van der Waals surface area contributed by atoms with Crippen LogP contribution in [0.1, 0.15) is 34.1 Å². The van der Waals surface area contributed by atoms with Crippen LogP contribution in [0.5, 0.6) is 0 Å². The molecule has 0 aliphatic carbocycles. The van der Waals surface area contributed by atoms with E-state index in [9.17, 15) is 13.6 Å². The van der Waals surface area contributed by atoms with E-state index in [-0.39, 0.29) is 34.8 Å². The molecule has 1 rings (SSSR count). The number of anilines is 1. The van der Waals surface area contributed by atoms with Crippen molar-refractivity contribution in [3.05, 3.63) is 22.3 Å². The molecule has 1 heterocycles. The Labute approximate surface area is 131 Å². The molecule has 0 saturated carbocycles. The Hall–Kier alpha value is -1.24. The van der Waals surface area contributed by atoms with Crippen LogP contribution in [0.25, 0.3) is 0 Å². The van der Waals surface area contributed by atoms with Gasteiger partial charge in [-0.1, -0.05) is 20.8 Å². The van der Waals surface area contributed by atoms with Gasteiger partial charge < -0.3 is 10.1 Å². The molecule has 0 radical (unpaired) electrons. The molecule has 0 unspecified atom stereocenters. The highest BCUT2D eigenvalue weighted by molar-refractivity contribution is 9.10. The van der Waals surface area contributed by atoms with Gasteiger partial charge in [-0.3, -0.25) is 4.79 Å². The minimum Gasteiger partial charge on any atom is -0.466 e. The zero-order valence-electron chi connectivity index (χ0n) is 12.5. The van der Waals surface area contributed by atoms with Crippen LogP contribution < -0.4 is 5.32 Å². The molecule has 0 amide bonds. The van der Waals surface area contributed by atoms with Crippen LogP contribution in [0.15, 0.2) is 10.7 Å². The number of hydrogen-bond acceptors (Lipinski definition) is 4. The topological polar surface area (TPSA) is 51.2 Å². The molecule has 21 heavy (non-hydrogen) atoms. The van der Waals surface area contributed by atoms with Gasteiger partial charge in [0.25, 0.3) is 0 Å². The minimum absolute atomic E-state index is 0.0630. The summed E-state index contributed by atoms with van der Waals surface area (Å²) >= 11 is 2.91. The van der Waals surface area contributed by atoms with Gasteiger partial charge in [0.1, 0.15) is 4.60 Å². The molecule has 0 spiro atoms. The molecule has 1 atom stereocenters. The molecule has 0 aliphatic rings. The largest absolute Gasteiger partial charge is 0.466 e. The predicted molar refractivity (Wildman–Crippen MR) is 80.0 cm³/mol. The van der Waals surface area contributed by atoms with Crippen LogP contribution in [0, 0.1) is 17.0 Å². The summed E-state index contributed by atoms with van der Waals surface area (Å²) in [6.45, 7) is 7.71. The van der Waals surface area contributed by atoms with Crippen molar-refractivity contribution in [2.75, 3.05) is 11.9 Å². The van der Waals surface area contributed by atoms with Crippen molar-refractivity contribution in [3.63, 3.8) is 0 Å². The van der Waals surface area contributed by atoms with E-state index in [1.54, 1.807) is 6.92 Å². The number of rotatable bonds is 5. The quantitative estimate of drug-likeness (QED) is 0.635. The number of ether oxygens (including phenoxy) is 1. The number of carbonyl (C=O) groups is 1. The van der Waals surface area contributed by atoms with Crippen molar-refractivity contribution in [1.29, 1.82) is 0 Å². The van der Waals surface area contributed by atoms with Crippen molar-refractivity contribution in [1.82, 2.24) is 4.98 Å². The highest BCUT2D eigenvalue weighted by Crippen LogP contribution is 2.27. The number of nitrogens with one attached hydrogen (secondary N) is 1. The second kappa shape index (κ2) is 7.15. The Morgan fingerprint density at radius 1 is 1.43 bits per heavy atom.